The molecule has 0 heterocycles. The van der Waals surface area contributed by atoms with E-state index in [1.165, 1.54) is 11.1 Å². The van der Waals surface area contributed by atoms with Crippen LogP contribution in [0.15, 0.2) is 48.5 Å². The molecule has 2 nitrogen and oxygen atoms in total. The smallest absolute Gasteiger partial charge is 0.0681 e. The van der Waals surface area contributed by atoms with Crippen LogP contribution in [-0.2, 0) is 13.0 Å². The molecule has 18 heavy (non-hydrogen) atoms. The molecule has 0 saturated carbocycles. The van der Waals surface area contributed by atoms with E-state index >= 15 is 0 Å². The molecule has 0 spiro atoms. The number of rotatable bonds is 5. The van der Waals surface area contributed by atoms with E-state index < -0.39 is 0 Å². The highest BCUT2D eigenvalue weighted by Crippen LogP contribution is 2.25. The van der Waals surface area contributed by atoms with Gasteiger partial charge in [0.2, 0.25) is 0 Å². The molecule has 2 rings (SSSR count). The van der Waals surface area contributed by atoms with E-state index in [1.54, 1.807) is 0 Å². The van der Waals surface area contributed by atoms with Gasteiger partial charge in [0.25, 0.3) is 0 Å². The molecule has 2 aromatic carbocycles. The van der Waals surface area contributed by atoms with Gasteiger partial charge in [0.1, 0.15) is 0 Å². The third-order valence-corrected chi connectivity index (χ3v) is 3.07. The first-order valence-corrected chi connectivity index (χ1v) is 6.24. The molecule has 0 atom stereocenters. The Morgan fingerprint density at radius 1 is 0.833 bits per heavy atom. The van der Waals surface area contributed by atoms with Gasteiger partial charge >= 0.3 is 0 Å². The lowest BCUT2D eigenvalue weighted by molar-refractivity contribution is 0.282. The fourth-order valence-electron chi connectivity index (χ4n) is 2.08. The average Bonchev–Trinajstić information content (AvgIpc) is 2.45. The van der Waals surface area contributed by atoms with Crippen molar-refractivity contribution in [2.45, 2.75) is 19.4 Å². The first-order chi connectivity index (χ1) is 8.85. The average molecular weight is 242 g/mol. The van der Waals surface area contributed by atoms with Crippen LogP contribution in [0.1, 0.15) is 17.5 Å². The summed E-state index contributed by atoms with van der Waals surface area (Å²) in [5.74, 6) is 0. The summed E-state index contributed by atoms with van der Waals surface area (Å²) in [7, 11) is 0. The number of benzene rings is 2. The van der Waals surface area contributed by atoms with Crippen molar-refractivity contribution < 1.29 is 10.2 Å². The van der Waals surface area contributed by atoms with Crippen molar-refractivity contribution in [3.8, 4) is 11.1 Å². The predicted molar refractivity (Wildman–Crippen MR) is 73.2 cm³/mol. The molecule has 0 bridgehead atoms. The van der Waals surface area contributed by atoms with Crippen molar-refractivity contribution in [1.29, 1.82) is 0 Å². The standard InChI is InChI=1S/C16H18O2/c17-11-3-5-14-4-1-2-6-16(14)15-9-7-13(12-18)8-10-15/h1-2,4,6-10,17-18H,3,5,11-12H2. The van der Waals surface area contributed by atoms with E-state index in [4.69, 9.17) is 10.2 Å². The molecule has 0 fully saturated rings. The summed E-state index contributed by atoms with van der Waals surface area (Å²) in [5, 5.41) is 18.0. The molecule has 0 aromatic heterocycles. The van der Waals surface area contributed by atoms with Crippen LogP contribution in [0.5, 0.6) is 0 Å². The van der Waals surface area contributed by atoms with Crippen molar-refractivity contribution >= 4 is 0 Å². The highest BCUT2D eigenvalue weighted by atomic mass is 16.3. The van der Waals surface area contributed by atoms with Crippen LogP contribution < -0.4 is 0 Å². The molecule has 2 aromatic rings. The van der Waals surface area contributed by atoms with Crippen LogP contribution in [0, 0.1) is 0 Å². The van der Waals surface area contributed by atoms with Gasteiger partial charge in [-0.3, -0.25) is 0 Å². The maximum absolute atomic E-state index is 9.04. The normalized spacial score (nSPS) is 10.6. The van der Waals surface area contributed by atoms with Crippen LogP contribution in [0.4, 0.5) is 0 Å². The monoisotopic (exact) mass is 242 g/mol. The summed E-state index contributed by atoms with van der Waals surface area (Å²) < 4.78 is 0. The van der Waals surface area contributed by atoms with Crippen LogP contribution in [-0.4, -0.2) is 16.8 Å². The van der Waals surface area contributed by atoms with Crippen LogP contribution in [0.25, 0.3) is 11.1 Å². The molecule has 0 aliphatic rings. The lowest BCUT2D eigenvalue weighted by Gasteiger charge is -2.09. The van der Waals surface area contributed by atoms with Crippen LogP contribution >= 0.6 is 0 Å². The molecule has 0 unspecified atom stereocenters. The van der Waals surface area contributed by atoms with Crippen LogP contribution in [0.2, 0.25) is 0 Å². The van der Waals surface area contributed by atoms with Gasteiger partial charge in [-0.25, -0.2) is 0 Å². The molecule has 0 radical (unpaired) electrons. The zero-order chi connectivity index (χ0) is 12.8. The summed E-state index contributed by atoms with van der Waals surface area (Å²) in [5.41, 5.74) is 4.53. The number of hydrogen-bond donors (Lipinski definition) is 2. The number of aryl methyl sites for hydroxylation is 1. The lowest BCUT2D eigenvalue weighted by atomic mass is 9.96. The SMILES string of the molecule is OCCCc1ccccc1-c1ccc(CO)cc1. The van der Waals surface area contributed by atoms with E-state index in [2.05, 4.69) is 12.1 Å². The highest BCUT2D eigenvalue weighted by Gasteiger charge is 2.04. The molecule has 0 saturated heterocycles. The van der Waals surface area contributed by atoms with Gasteiger partial charge in [-0.2, -0.15) is 0 Å². The first kappa shape index (κ1) is 12.8. The number of hydrogen-bond acceptors (Lipinski definition) is 2. The number of aliphatic hydroxyl groups is 2. The van der Waals surface area contributed by atoms with Gasteiger partial charge in [0.15, 0.2) is 0 Å². The first-order valence-electron chi connectivity index (χ1n) is 6.24. The maximum Gasteiger partial charge on any atom is 0.0681 e. The molecule has 2 heteroatoms. The fourth-order valence-corrected chi connectivity index (χ4v) is 2.08. The summed E-state index contributed by atoms with van der Waals surface area (Å²) >= 11 is 0. The van der Waals surface area contributed by atoms with Crippen molar-refractivity contribution in [1.82, 2.24) is 0 Å². The quantitative estimate of drug-likeness (QED) is 0.846. The molecular weight excluding hydrogens is 224 g/mol. The Morgan fingerprint density at radius 3 is 2.22 bits per heavy atom. The van der Waals surface area contributed by atoms with Crippen molar-refractivity contribution in [3.05, 3.63) is 59.7 Å². The summed E-state index contributed by atoms with van der Waals surface area (Å²) in [4.78, 5) is 0. The van der Waals surface area contributed by atoms with E-state index in [9.17, 15) is 0 Å². The second-order valence-electron chi connectivity index (χ2n) is 4.34. The summed E-state index contributed by atoms with van der Waals surface area (Å²) in [6, 6.07) is 16.2. The second kappa shape index (κ2) is 6.34. The van der Waals surface area contributed by atoms with Gasteiger partial charge in [0, 0.05) is 6.61 Å². The molecule has 94 valence electrons. The third kappa shape index (κ3) is 2.97. The maximum atomic E-state index is 9.04. The minimum absolute atomic E-state index is 0.0758. The second-order valence-corrected chi connectivity index (χ2v) is 4.34. The Morgan fingerprint density at radius 2 is 1.56 bits per heavy atom. The van der Waals surface area contributed by atoms with Crippen molar-refractivity contribution in [3.63, 3.8) is 0 Å². The number of aliphatic hydroxyl groups excluding tert-OH is 2. The topological polar surface area (TPSA) is 40.5 Å². The minimum atomic E-state index is 0.0758. The zero-order valence-electron chi connectivity index (χ0n) is 10.3. The van der Waals surface area contributed by atoms with Gasteiger partial charge in [0.05, 0.1) is 6.61 Å². The van der Waals surface area contributed by atoms with Gasteiger partial charge in [-0.15, -0.1) is 0 Å². The third-order valence-electron chi connectivity index (χ3n) is 3.07. The van der Waals surface area contributed by atoms with E-state index in [0.717, 1.165) is 24.0 Å². The molecule has 2 N–H and O–H groups in total. The van der Waals surface area contributed by atoms with Gasteiger partial charge < -0.3 is 10.2 Å². The Hall–Kier alpha value is -1.64. The highest BCUT2D eigenvalue weighted by molar-refractivity contribution is 5.67. The minimum Gasteiger partial charge on any atom is -0.396 e. The summed E-state index contributed by atoms with van der Waals surface area (Å²) in [6.07, 6.45) is 1.67. The largest absolute Gasteiger partial charge is 0.396 e. The van der Waals surface area contributed by atoms with Crippen molar-refractivity contribution in [2.24, 2.45) is 0 Å². The van der Waals surface area contributed by atoms with Gasteiger partial charge in [-0.1, -0.05) is 48.5 Å². The molecule has 0 aliphatic heterocycles. The van der Waals surface area contributed by atoms with E-state index in [-0.39, 0.29) is 13.2 Å². The summed E-state index contributed by atoms with van der Waals surface area (Å²) in [6.45, 7) is 0.296. The molecule has 0 aliphatic carbocycles. The fraction of sp³-hybridized carbons (Fsp3) is 0.250. The van der Waals surface area contributed by atoms with E-state index in [1.807, 2.05) is 36.4 Å². The predicted octanol–water partition coefficient (Wildman–Crippen LogP) is 2.77. The molecule has 0 amide bonds. The Bertz CT molecular complexity index is 489. The Kier molecular flexibility index (Phi) is 4.51. The van der Waals surface area contributed by atoms with Gasteiger partial charge in [-0.05, 0) is 35.1 Å². The zero-order valence-corrected chi connectivity index (χ0v) is 10.3. The lowest BCUT2D eigenvalue weighted by Crippen LogP contribution is -1.93. The Balaban J connectivity index is 2.30. The Labute approximate surface area is 108 Å². The molecular formula is C16H18O2. The van der Waals surface area contributed by atoms with Crippen molar-refractivity contribution in [2.75, 3.05) is 6.61 Å². The van der Waals surface area contributed by atoms with Crippen LogP contribution in [0.3, 0.4) is 0 Å². The van der Waals surface area contributed by atoms with E-state index in [0.29, 0.717) is 0 Å².